The van der Waals surface area contributed by atoms with Crippen LogP contribution in [0.4, 0.5) is 0 Å². The van der Waals surface area contributed by atoms with E-state index in [0.717, 1.165) is 12.8 Å². The van der Waals surface area contributed by atoms with Gasteiger partial charge in [-0.1, -0.05) is 0 Å². The molecule has 0 fully saturated rings. The summed E-state index contributed by atoms with van der Waals surface area (Å²) < 4.78 is 12.0. The minimum absolute atomic E-state index is 0.0777. The molecule has 0 aromatic heterocycles. The van der Waals surface area contributed by atoms with E-state index in [1.165, 1.54) is 58.9 Å². The van der Waals surface area contributed by atoms with Crippen molar-refractivity contribution in [3.63, 3.8) is 0 Å². The molecular formula is C19H38O2Sn. The minimum atomic E-state index is -2.08. The Morgan fingerprint density at radius 1 is 0.909 bits per heavy atom. The molecule has 0 amide bonds. The molecule has 0 saturated carbocycles. The average Bonchev–Trinajstić information content (AvgIpc) is 2.55. The van der Waals surface area contributed by atoms with E-state index in [-0.39, 0.29) is 5.97 Å². The molecule has 0 atom stereocenters. The molecular weight excluding hydrogens is 379 g/mol. The van der Waals surface area contributed by atoms with Gasteiger partial charge < -0.3 is 0 Å². The molecule has 0 aromatic rings. The first kappa shape index (κ1) is 22.0. The predicted octanol–water partition coefficient (Wildman–Crippen LogP) is 6.27. The van der Waals surface area contributed by atoms with Gasteiger partial charge in [-0.2, -0.15) is 0 Å². The number of hydrogen-bond acceptors (Lipinski definition) is 2. The van der Waals surface area contributed by atoms with Crippen molar-refractivity contribution in [1.29, 1.82) is 0 Å². The van der Waals surface area contributed by atoms with Gasteiger partial charge in [0.1, 0.15) is 0 Å². The molecule has 0 aliphatic rings. The first-order valence-electron chi connectivity index (χ1n) is 9.38. The quantitative estimate of drug-likeness (QED) is 0.189. The van der Waals surface area contributed by atoms with Crippen molar-refractivity contribution in [2.45, 2.75) is 91.9 Å². The topological polar surface area (TPSA) is 26.3 Å². The van der Waals surface area contributed by atoms with Crippen LogP contribution in [0.1, 0.15) is 78.6 Å². The van der Waals surface area contributed by atoms with E-state index in [9.17, 15) is 4.79 Å². The summed E-state index contributed by atoms with van der Waals surface area (Å²) in [6.07, 6.45) is 13.2. The molecule has 22 heavy (non-hydrogen) atoms. The Morgan fingerprint density at radius 2 is 1.41 bits per heavy atom. The zero-order valence-electron chi connectivity index (χ0n) is 15.5. The van der Waals surface area contributed by atoms with Crippen LogP contribution < -0.4 is 0 Å². The standard InChI is InChI=1S/C7H11O2.3C4H9.Sn/c1-3-4-5-6-7(8)9-2;3*1-3-4-2;/h1,3H,4-6H2,2H3;3*1,3-4H2,2H3;. The Bertz CT molecular complexity index is 278. The van der Waals surface area contributed by atoms with Crippen LogP contribution in [-0.4, -0.2) is 31.5 Å². The number of methoxy groups -OCH3 is 1. The number of allylic oxidation sites excluding steroid dienone is 1. The number of carbonyl (C=O) groups excluding carboxylic acids is 1. The third kappa shape index (κ3) is 10.7. The molecule has 0 saturated heterocycles. The van der Waals surface area contributed by atoms with Crippen LogP contribution in [0.5, 0.6) is 0 Å². The molecule has 0 radical (unpaired) electrons. The molecule has 0 rings (SSSR count). The number of unbranched alkanes of at least 4 members (excludes halogenated alkanes) is 4. The van der Waals surface area contributed by atoms with Crippen molar-refractivity contribution in [3.05, 3.63) is 10.2 Å². The second-order valence-corrected chi connectivity index (χ2v) is 19.6. The predicted molar refractivity (Wildman–Crippen MR) is 99.9 cm³/mol. The molecule has 0 N–H and O–H groups in total. The summed E-state index contributed by atoms with van der Waals surface area (Å²) in [6.45, 7) is 6.95. The number of rotatable bonds is 14. The van der Waals surface area contributed by atoms with E-state index in [0.29, 0.717) is 6.42 Å². The van der Waals surface area contributed by atoms with Gasteiger partial charge in [0.15, 0.2) is 0 Å². The maximum atomic E-state index is 11.2. The summed E-state index contributed by atoms with van der Waals surface area (Å²) in [4.78, 5) is 11.2. The van der Waals surface area contributed by atoms with Gasteiger partial charge in [-0.15, -0.1) is 0 Å². The Morgan fingerprint density at radius 3 is 1.82 bits per heavy atom. The van der Waals surface area contributed by atoms with Gasteiger partial charge in [0, 0.05) is 0 Å². The van der Waals surface area contributed by atoms with Gasteiger partial charge >= 0.3 is 143 Å². The normalized spacial score (nSPS) is 12.0. The Kier molecular flexibility index (Phi) is 14.6. The van der Waals surface area contributed by atoms with Crippen LogP contribution >= 0.6 is 0 Å². The van der Waals surface area contributed by atoms with E-state index in [4.69, 9.17) is 4.74 Å². The van der Waals surface area contributed by atoms with E-state index in [2.05, 4.69) is 30.9 Å². The fraction of sp³-hybridized carbons (Fsp3) is 0.842. The molecule has 0 unspecified atom stereocenters. The van der Waals surface area contributed by atoms with Gasteiger partial charge in [0.05, 0.1) is 0 Å². The Balaban J connectivity index is 4.58. The molecule has 0 aliphatic heterocycles. The van der Waals surface area contributed by atoms with Crippen molar-refractivity contribution in [2.24, 2.45) is 0 Å². The van der Waals surface area contributed by atoms with Crippen molar-refractivity contribution >= 4 is 24.3 Å². The monoisotopic (exact) mass is 418 g/mol. The van der Waals surface area contributed by atoms with E-state index < -0.39 is 18.4 Å². The Labute approximate surface area is 143 Å². The van der Waals surface area contributed by atoms with Gasteiger partial charge in [-0.25, -0.2) is 0 Å². The number of ether oxygens (including phenoxy) is 1. The fourth-order valence-electron chi connectivity index (χ4n) is 3.01. The molecule has 0 spiro atoms. The van der Waals surface area contributed by atoms with E-state index >= 15 is 0 Å². The summed E-state index contributed by atoms with van der Waals surface area (Å²) in [6, 6.07) is 0. The van der Waals surface area contributed by atoms with Crippen LogP contribution in [-0.2, 0) is 9.53 Å². The van der Waals surface area contributed by atoms with Crippen LogP contribution in [0.25, 0.3) is 0 Å². The van der Waals surface area contributed by atoms with Gasteiger partial charge in [0.25, 0.3) is 0 Å². The van der Waals surface area contributed by atoms with Crippen molar-refractivity contribution in [3.8, 4) is 0 Å². The molecule has 0 bridgehead atoms. The first-order valence-corrected chi connectivity index (χ1v) is 17.1. The second-order valence-electron chi connectivity index (χ2n) is 6.54. The first-order chi connectivity index (χ1) is 10.6. The van der Waals surface area contributed by atoms with Gasteiger partial charge in [-0.3, -0.25) is 0 Å². The molecule has 3 heteroatoms. The third-order valence-corrected chi connectivity index (χ3v) is 18.8. The number of hydrogen-bond donors (Lipinski definition) is 0. The third-order valence-electron chi connectivity index (χ3n) is 4.54. The van der Waals surface area contributed by atoms with Crippen LogP contribution in [0.15, 0.2) is 10.2 Å². The van der Waals surface area contributed by atoms with Crippen molar-refractivity contribution < 1.29 is 9.53 Å². The number of carbonyl (C=O) groups is 1. The zero-order valence-corrected chi connectivity index (χ0v) is 18.3. The van der Waals surface area contributed by atoms with Crippen LogP contribution in [0, 0.1) is 0 Å². The zero-order chi connectivity index (χ0) is 16.7. The summed E-state index contributed by atoms with van der Waals surface area (Å²) in [5, 5.41) is 0. The van der Waals surface area contributed by atoms with Crippen molar-refractivity contribution in [2.75, 3.05) is 7.11 Å². The van der Waals surface area contributed by atoms with Gasteiger partial charge in [-0.05, 0) is 0 Å². The van der Waals surface area contributed by atoms with Crippen LogP contribution in [0.3, 0.4) is 0 Å². The fourth-order valence-corrected chi connectivity index (χ4v) is 17.5. The summed E-state index contributed by atoms with van der Waals surface area (Å²) >= 11 is -2.08. The van der Waals surface area contributed by atoms with Crippen LogP contribution in [0.2, 0.25) is 13.3 Å². The summed E-state index contributed by atoms with van der Waals surface area (Å²) in [7, 11) is 1.47. The molecule has 130 valence electrons. The Hall–Kier alpha value is 0.00870. The second kappa shape index (κ2) is 14.6. The summed E-state index contributed by atoms with van der Waals surface area (Å²) in [5.41, 5.74) is 0. The molecule has 0 aliphatic carbocycles. The molecule has 0 aromatic carbocycles. The average molecular weight is 417 g/mol. The van der Waals surface area contributed by atoms with E-state index in [1.54, 1.807) is 0 Å². The molecule has 0 heterocycles. The van der Waals surface area contributed by atoms with Crippen molar-refractivity contribution in [1.82, 2.24) is 0 Å². The molecule has 2 nitrogen and oxygen atoms in total. The number of esters is 1. The SMILES string of the molecule is CCC[CH2][Sn](/[CH]=C/CCCC(=O)OC)([CH2]CCC)[CH2]CCC. The van der Waals surface area contributed by atoms with E-state index in [1.807, 2.05) is 0 Å². The summed E-state index contributed by atoms with van der Waals surface area (Å²) in [5.74, 6) is -0.0777. The van der Waals surface area contributed by atoms with Gasteiger partial charge in [0.2, 0.25) is 0 Å². The maximum absolute atomic E-state index is 11.2.